The summed E-state index contributed by atoms with van der Waals surface area (Å²) in [5.74, 6) is 1.26. The molecule has 1 aromatic carbocycles. The fraction of sp³-hybridized carbons (Fsp3) is 0.520. The van der Waals surface area contributed by atoms with Crippen LogP contribution < -0.4 is 5.73 Å². The van der Waals surface area contributed by atoms with Crippen LogP contribution in [0.1, 0.15) is 32.9 Å². The highest BCUT2D eigenvalue weighted by Crippen LogP contribution is 2.36. The molecule has 42 heavy (non-hydrogen) atoms. The van der Waals surface area contributed by atoms with Gasteiger partial charge in [-0.2, -0.15) is 0 Å². The monoisotopic (exact) mass is 609 g/mol. The number of imidazole rings is 1. The standard InChI is InChI=1S/C25H35N7O5.H2O4S/c1-4-35-16(2)30-36-13-9-8-12-31(3)14-18-20(33)21(34)25(37-18)32-23(17-10-6-5-7-11-17)29-19-22(26)27-15-28-24(19)32;1-5(2,3)4/h5-7,10-11,15,18,20-21,25,33-34H,4,8-9,12-14H2,1-3H3,(H2,26,27,28);(H2,1,2,3,4)/p-2/b30-16-;/t18-,20-,21-,25-;/m1./s1. The maximum absolute atomic E-state index is 11.0. The van der Waals surface area contributed by atoms with E-state index in [1.54, 1.807) is 11.5 Å². The van der Waals surface area contributed by atoms with Crippen molar-refractivity contribution in [3.8, 4) is 11.4 Å². The van der Waals surface area contributed by atoms with Gasteiger partial charge in [0.25, 0.3) is 0 Å². The molecular weight excluding hydrogens is 574 g/mol. The van der Waals surface area contributed by atoms with Crippen molar-refractivity contribution in [2.75, 3.05) is 39.1 Å². The van der Waals surface area contributed by atoms with Crippen LogP contribution in [0.3, 0.4) is 0 Å². The number of nitrogens with zero attached hydrogens (tertiary/aromatic N) is 6. The fourth-order valence-electron chi connectivity index (χ4n) is 4.37. The van der Waals surface area contributed by atoms with Crippen molar-refractivity contribution in [2.24, 2.45) is 5.16 Å². The van der Waals surface area contributed by atoms with Crippen molar-refractivity contribution in [2.45, 2.75) is 51.2 Å². The van der Waals surface area contributed by atoms with Crippen molar-refractivity contribution in [1.82, 2.24) is 24.4 Å². The predicted molar refractivity (Wildman–Crippen MR) is 149 cm³/mol. The second-order valence-corrected chi connectivity index (χ2v) is 10.2. The Hall–Kier alpha value is -3.45. The molecule has 2 aromatic heterocycles. The summed E-state index contributed by atoms with van der Waals surface area (Å²) in [4.78, 5) is 20.4. The zero-order valence-electron chi connectivity index (χ0n) is 23.4. The van der Waals surface area contributed by atoms with E-state index in [9.17, 15) is 10.2 Å². The zero-order valence-corrected chi connectivity index (χ0v) is 24.3. The van der Waals surface area contributed by atoms with Crippen molar-refractivity contribution < 1.29 is 42.0 Å². The fourth-order valence-corrected chi connectivity index (χ4v) is 4.37. The largest absolute Gasteiger partial charge is 0.759 e. The molecule has 1 fully saturated rings. The summed E-state index contributed by atoms with van der Waals surface area (Å²) in [5, 5.41) is 25.8. The first-order valence-corrected chi connectivity index (χ1v) is 14.4. The molecule has 0 radical (unpaired) electrons. The highest BCUT2D eigenvalue weighted by atomic mass is 32.3. The van der Waals surface area contributed by atoms with Gasteiger partial charge in [-0.3, -0.25) is 13.0 Å². The molecule has 0 unspecified atom stereocenters. The molecule has 0 saturated carbocycles. The van der Waals surface area contributed by atoms with Crippen LogP contribution in [-0.2, 0) is 24.7 Å². The van der Waals surface area contributed by atoms with Crippen LogP contribution in [0.15, 0.2) is 41.8 Å². The third-order valence-electron chi connectivity index (χ3n) is 6.19. The van der Waals surface area contributed by atoms with Crippen molar-refractivity contribution >= 4 is 33.3 Å². The van der Waals surface area contributed by atoms with Gasteiger partial charge in [-0.1, -0.05) is 35.5 Å². The number of fused-ring (bicyclic) bond motifs is 1. The van der Waals surface area contributed by atoms with Gasteiger partial charge in [0.1, 0.15) is 37.1 Å². The maximum atomic E-state index is 11.0. The molecule has 0 spiro atoms. The summed E-state index contributed by atoms with van der Waals surface area (Å²) in [6.07, 6.45) is -0.755. The molecule has 232 valence electrons. The lowest BCUT2D eigenvalue weighted by molar-refractivity contribution is -0.0414. The lowest BCUT2D eigenvalue weighted by Crippen LogP contribution is -2.38. The second kappa shape index (κ2) is 15.1. The highest BCUT2D eigenvalue weighted by Gasteiger charge is 2.45. The minimum atomic E-state index is -5.17. The predicted octanol–water partition coefficient (Wildman–Crippen LogP) is 0.455. The van der Waals surface area contributed by atoms with E-state index in [0.717, 1.165) is 24.9 Å². The Labute approximate surface area is 243 Å². The normalized spacial score (nSPS) is 20.9. The van der Waals surface area contributed by atoms with Crippen molar-refractivity contribution in [3.63, 3.8) is 0 Å². The van der Waals surface area contributed by atoms with Gasteiger partial charge in [-0.25, -0.2) is 15.0 Å². The second-order valence-electron chi connectivity index (χ2n) is 9.40. The quantitative estimate of drug-likeness (QED) is 0.0669. The van der Waals surface area contributed by atoms with Gasteiger partial charge < -0.3 is 44.3 Å². The lowest BCUT2D eigenvalue weighted by Gasteiger charge is -2.23. The maximum Gasteiger partial charge on any atom is 0.222 e. The summed E-state index contributed by atoms with van der Waals surface area (Å²) in [6, 6.07) is 9.49. The average molecular weight is 610 g/mol. The molecule has 1 aliphatic rings. The lowest BCUT2D eigenvalue weighted by atomic mass is 10.1. The minimum Gasteiger partial charge on any atom is -0.759 e. The third kappa shape index (κ3) is 9.28. The number of hydrogen-bond acceptors (Lipinski definition) is 15. The Morgan fingerprint density at radius 2 is 1.88 bits per heavy atom. The SMILES string of the molecule is CCO/C(C)=N\OCCCCN(C)C[C@H]1O[C@@H](n2c(-c3ccccc3)nc3c(N)ncnc32)[C@H](O)[C@@H]1O.O=S(=O)([O-])[O-]. The molecule has 1 aliphatic heterocycles. The number of ether oxygens (including phenoxy) is 2. The van der Waals surface area contributed by atoms with Crippen LogP contribution in [0.2, 0.25) is 0 Å². The van der Waals surface area contributed by atoms with E-state index in [0.29, 0.717) is 42.6 Å². The number of oxime groups is 1. The molecule has 3 heterocycles. The molecule has 4 atom stereocenters. The van der Waals surface area contributed by atoms with Crippen LogP contribution >= 0.6 is 0 Å². The molecule has 17 heteroatoms. The molecule has 16 nitrogen and oxygen atoms in total. The van der Waals surface area contributed by atoms with Crippen LogP contribution in [0, 0.1) is 0 Å². The zero-order chi connectivity index (χ0) is 30.9. The smallest absolute Gasteiger partial charge is 0.222 e. The molecule has 1 saturated heterocycles. The summed E-state index contributed by atoms with van der Waals surface area (Å²) >= 11 is 0. The Balaban J connectivity index is 0.000000892. The molecule has 0 bridgehead atoms. The average Bonchev–Trinajstić information content (AvgIpc) is 3.44. The first-order valence-electron chi connectivity index (χ1n) is 13.1. The summed E-state index contributed by atoms with van der Waals surface area (Å²) in [5.41, 5.74) is 7.71. The number of unbranched alkanes of at least 4 members (excludes halogenated alkanes) is 1. The molecule has 4 N–H and O–H groups in total. The number of aliphatic hydroxyl groups excluding tert-OH is 2. The van der Waals surface area contributed by atoms with Gasteiger partial charge in [0.2, 0.25) is 5.90 Å². The third-order valence-corrected chi connectivity index (χ3v) is 6.19. The van der Waals surface area contributed by atoms with E-state index in [-0.39, 0.29) is 5.82 Å². The van der Waals surface area contributed by atoms with Gasteiger partial charge in [0, 0.05) is 29.4 Å². The summed E-state index contributed by atoms with van der Waals surface area (Å²) in [7, 11) is -3.22. The Morgan fingerprint density at radius 3 is 2.55 bits per heavy atom. The van der Waals surface area contributed by atoms with Gasteiger partial charge in [-0.05, 0) is 33.4 Å². The van der Waals surface area contributed by atoms with E-state index in [4.69, 9.17) is 37.6 Å². The van der Waals surface area contributed by atoms with Crippen molar-refractivity contribution in [1.29, 1.82) is 0 Å². The topological polar surface area (TPSA) is 234 Å². The number of nitrogens with two attached hydrogens (primary N) is 1. The number of likely N-dealkylation sites (N-methyl/N-ethyl adjacent to an activating group) is 1. The summed E-state index contributed by atoms with van der Waals surface area (Å²) < 4.78 is 47.2. The number of anilines is 1. The first kappa shape index (κ1) is 33.1. The van der Waals surface area contributed by atoms with Gasteiger partial charge in [0.15, 0.2) is 23.2 Å². The highest BCUT2D eigenvalue weighted by molar-refractivity contribution is 7.79. The molecule has 3 aromatic rings. The first-order chi connectivity index (χ1) is 19.9. The van der Waals surface area contributed by atoms with Crippen LogP contribution in [-0.4, -0.2) is 110 Å². The number of rotatable bonds is 11. The number of aromatic nitrogens is 4. The minimum absolute atomic E-state index is 0.230. The Morgan fingerprint density at radius 1 is 1.19 bits per heavy atom. The number of hydrogen-bond donors (Lipinski definition) is 3. The van der Waals surface area contributed by atoms with E-state index in [2.05, 4.69) is 25.0 Å². The van der Waals surface area contributed by atoms with Gasteiger partial charge >= 0.3 is 0 Å². The van der Waals surface area contributed by atoms with E-state index in [1.807, 2.05) is 44.3 Å². The number of aliphatic hydroxyl groups is 2. The Kier molecular flexibility index (Phi) is 11.9. The van der Waals surface area contributed by atoms with Crippen LogP contribution in [0.5, 0.6) is 0 Å². The number of benzene rings is 1. The molecule has 4 rings (SSSR count). The van der Waals surface area contributed by atoms with E-state index < -0.39 is 34.9 Å². The van der Waals surface area contributed by atoms with Gasteiger partial charge in [0.05, 0.1) is 6.61 Å². The molecule has 0 amide bonds. The van der Waals surface area contributed by atoms with E-state index in [1.165, 1.54) is 6.33 Å². The van der Waals surface area contributed by atoms with Gasteiger partial charge in [-0.15, -0.1) is 0 Å². The van der Waals surface area contributed by atoms with Crippen LogP contribution in [0.4, 0.5) is 5.82 Å². The van der Waals surface area contributed by atoms with Crippen LogP contribution in [0.25, 0.3) is 22.6 Å². The molecular formula is C25H35N7O9S-2. The van der Waals surface area contributed by atoms with E-state index >= 15 is 0 Å². The number of nitrogen functional groups attached to an aromatic ring is 1. The van der Waals surface area contributed by atoms with Crippen molar-refractivity contribution in [3.05, 3.63) is 36.7 Å². The molecule has 0 aliphatic carbocycles. The summed E-state index contributed by atoms with van der Waals surface area (Å²) in [6.45, 7) is 5.89. The Bertz CT molecular complexity index is 1410.